The molecule has 5 N–H and O–H groups in total. The van der Waals surface area contributed by atoms with Gasteiger partial charge in [-0.2, -0.15) is 0 Å². The van der Waals surface area contributed by atoms with E-state index in [9.17, 15) is 14.7 Å². The average molecular weight is 398 g/mol. The van der Waals surface area contributed by atoms with Crippen LogP contribution in [0, 0.1) is 19.8 Å². The normalized spacial score (nSPS) is 14.1. The van der Waals surface area contributed by atoms with Gasteiger partial charge < -0.3 is 16.6 Å². The van der Waals surface area contributed by atoms with Crippen molar-refractivity contribution >= 4 is 17.5 Å². The zero-order chi connectivity index (χ0) is 21.7. The van der Waals surface area contributed by atoms with Crippen molar-refractivity contribution in [3.63, 3.8) is 0 Å². The third-order valence-electron chi connectivity index (χ3n) is 5.53. The summed E-state index contributed by atoms with van der Waals surface area (Å²) >= 11 is 0. The second kappa shape index (κ2) is 9.56. The van der Waals surface area contributed by atoms with Gasteiger partial charge in [-0.15, -0.1) is 0 Å². The molecule has 2 rings (SSSR count). The van der Waals surface area contributed by atoms with E-state index < -0.39 is 18.0 Å². The quantitative estimate of drug-likeness (QED) is 0.636. The average Bonchev–Trinajstić information content (AvgIpc) is 2.69. The number of hydrogen-bond donors (Lipinski definition) is 3. The van der Waals surface area contributed by atoms with Crippen molar-refractivity contribution in [3.8, 4) is 5.75 Å². The number of benzene rings is 2. The second-order valence-electron chi connectivity index (χ2n) is 7.64. The Morgan fingerprint density at radius 1 is 1.10 bits per heavy atom. The molecular formula is C23H31N3O3. The molecule has 0 aliphatic rings. The molecule has 0 aromatic heterocycles. The van der Waals surface area contributed by atoms with E-state index in [2.05, 4.69) is 0 Å². The Morgan fingerprint density at radius 3 is 2.28 bits per heavy atom. The largest absolute Gasteiger partial charge is 0.508 e. The van der Waals surface area contributed by atoms with E-state index in [0.29, 0.717) is 12.1 Å². The molecule has 3 unspecified atom stereocenters. The number of anilines is 1. The number of phenols is 1. The maximum atomic E-state index is 13.5. The molecule has 0 aliphatic carbocycles. The van der Waals surface area contributed by atoms with Crippen LogP contribution in [0.1, 0.15) is 37.0 Å². The van der Waals surface area contributed by atoms with Gasteiger partial charge in [-0.3, -0.25) is 14.5 Å². The lowest BCUT2D eigenvalue weighted by molar-refractivity contribution is -0.126. The van der Waals surface area contributed by atoms with Gasteiger partial charge in [-0.1, -0.05) is 44.5 Å². The molecule has 0 saturated carbocycles. The fraction of sp³-hybridized carbons (Fsp3) is 0.391. The summed E-state index contributed by atoms with van der Waals surface area (Å²) < 4.78 is 0. The first-order valence-corrected chi connectivity index (χ1v) is 9.89. The SMILES string of the molecule is CCC(C)C(C(N)=O)N(C(=O)C(N)Cc1ccc(O)cc1)c1cccc(C)c1C. The van der Waals surface area contributed by atoms with Crippen LogP contribution in [0.3, 0.4) is 0 Å². The van der Waals surface area contributed by atoms with Gasteiger partial charge in [0.05, 0.1) is 6.04 Å². The number of nitrogens with two attached hydrogens (primary N) is 2. The predicted octanol–water partition coefficient (Wildman–Crippen LogP) is 2.81. The van der Waals surface area contributed by atoms with Gasteiger partial charge in [-0.25, -0.2) is 0 Å². The molecule has 0 bridgehead atoms. The number of amides is 2. The van der Waals surface area contributed by atoms with Crippen molar-refractivity contribution < 1.29 is 14.7 Å². The van der Waals surface area contributed by atoms with Crippen LogP contribution in [0.5, 0.6) is 5.75 Å². The Balaban J connectivity index is 2.47. The fourth-order valence-electron chi connectivity index (χ4n) is 3.44. The van der Waals surface area contributed by atoms with Gasteiger partial charge in [0, 0.05) is 5.69 Å². The highest BCUT2D eigenvalue weighted by Gasteiger charge is 2.36. The molecule has 0 fully saturated rings. The van der Waals surface area contributed by atoms with Gasteiger partial charge in [0.25, 0.3) is 0 Å². The summed E-state index contributed by atoms with van der Waals surface area (Å²) in [6.45, 7) is 7.75. The summed E-state index contributed by atoms with van der Waals surface area (Å²) in [7, 11) is 0. The van der Waals surface area contributed by atoms with Crippen molar-refractivity contribution in [2.24, 2.45) is 17.4 Å². The summed E-state index contributed by atoms with van der Waals surface area (Å²) in [5.74, 6) is -0.880. The van der Waals surface area contributed by atoms with Crippen LogP contribution in [-0.2, 0) is 16.0 Å². The Kier molecular flexibility index (Phi) is 7.40. The number of rotatable bonds is 8. The first kappa shape index (κ1) is 22.4. The molecule has 0 saturated heterocycles. The van der Waals surface area contributed by atoms with Gasteiger partial charge >= 0.3 is 0 Å². The second-order valence-corrected chi connectivity index (χ2v) is 7.64. The Bertz CT molecular complexity index is 864. The number of primary amides is 1. The summed E-state index contributed by atoms with van der Waals surface area (Å²) in [6.07, 6.45) is 0.974. The highest BCUT2D eigenvalue weighted by Crippen LogP contribution is 2.29. The molecule has 6 nitrogen and oxygen atoms in total. The van der Waals surface area contributed by atoms with Crippen LogP contribution in [0.4, 0.5) is 5.69 Å². The van der Waals surface area contributed by atoms with Crippen LogP contribution < -0.4 is 16.4 Å². The zero-order valence-corrected chi connectivity index (χ0v) is 17.6. The Morgan fingerprint density at radius 2 is 1.72 bits per heavy atom. The highest BCUT2D eigenvalue weighted by atomic mass is 16.3. The first-order chi connectivity index (χ1) is 13.7. The monoisotopic (exact) mass is 397 g/mol. The summed E-state index contributed by atoms with van der Waals surface area (Å²) in [6, 6.07) is 10.6. The minimum absolute atomic E-state index is 0.128. The van der Waals surface area contributed by atoms with Crippen molar-refractivity contribution in [1.29, 1.82) is 0 Å². The maximum absolute atomic E-state index is 13.5. The number of phenolic OH excluding ortho intramolecular Hbond substituents is 1. The topological polar surface area (TPSA) is 110 Å². The van der Waals surface area contributed by atoms with Crippen molar-refractivity contribution in [3.05, 3.63) is 59.2 Å². The molecule has 2 aromatic carbocycles. The van der Waals surface area contributed by atoms with E-state index in [1.54, 1.807) is 24.3 Å². The standard InChI is InChI=1S/C23H31N3O3/c1-5-14(2)21(22(25)28)26(20-8-6-7-15(3)16(20)4)23(29)19(24)13-17-9-11-18(27)12-10-17/h6-12,14,19,21,27H,5,13,24H2,1-4H3,(H2,25,28). The van der Waals surface area contributed by atoms with E-state index in [-0.39, 0.29) is 24.0 Å². The molecule has 0 spiro atoms. The van der Waals surface area contributed by atoms with Gasteiger partial charge in [0.1, 0.15) is 11.8 Å². The molecule has 29 heavy (non-hydrogen) atoms. The molecule has 2 aromatic rings. The molecule has 156 valence electrons. The van der Waals surface area contributed by atoms with Crippen LogP contribution in [-0.4, -0.2) is 29.0 Å². The number of carbonyl (C=O) groups excluding carboxylic acids is 2. The number of aromatic hydroxyl groups is 1. The van der Waals surface area contributed by atoms with Gasteiger partial charge in [0.2, 0.25) is 11.8 Å². The number of nitrogens with zero attached hydrogens (tertiary/aromatic N) is 1. The van der Waals surface area contributed by atoms with E-state index >= 15 is 0 Å². The maximum Gasteiger partial charge on any atom is 0.245 e. The third-order valence-corrected chi connectivity index (χ3v) is 5.53. The van der Waals surface area contributed by atoms with Crippen molar-refractivity contribution in [2.75, 3.05) is 4.90 Å². The van der Waals surface area contributed by atoms with Gasteiger partial charge in [0.15, 0.2) is 0 Å². The Hall–Kier alpha value is -2.86. The number of hydrogen-bond acceptors (Lipinski definition) is 4. The van der Waals surface area contributed by atoms with E-state index in [0.717, 1.165) is 16.7 Å². The summed E-state index contributed by atoms with van der Waals surface area (Å²) in [5, 5.41) is 9.46. The number of aryl methyl sites for hydroxylation is 1. The molecule has 2 amide bonds. The molecule has 0 aliphatic heterocycles. The minimum Gasteiger partial charge on any atom is -0.508 e. The number of carbonyl (C=O) groups is 2. The lowest BCUT2D eigenvalue weighted by atomic mass is 9.93. The lowest BCUT2D eigenvalue weighted by Gasteiger charge is -2.36. The third kappa shape index (κ3) is 5.15. The molecule has 0 radical (unpaired) electrons. The van der Waals surface area contributed by atoms with Crippen molar-refractivity contribution in [1.82, 2.24) is 0 Å². The zero-order valence-electron chi connectivity index (χ0n) is 17.6. The fourth-order valence-corrected chi connectivity index (χ4v) is 3.44. The van der Waals surface area contributed by atoms with Crippen LogP contribution in [0.15, 0.2) is 42.5 Å². The van der Waals surface area contributed by atoms with Crippen molar-refractivity contribution in [2.45, 2.75) is 52.6 Å². The van der Waals surface area contributed by atoms with E-state index in [4.69, 9.17) is 11.5 Å². The molecule has 6 heteroatoms. The molecule has 3 atom stereocenters. The van der Waals surface area contributed by atoms with E-state index in [1.165, 1.54) is 4.90 Å². The predicted molar refractivity (Wildman–Crippen MR) is 116 cm³/mol. The lowest BCUT2D eigenvalue weighted by Crippen LogP contribution is -2.56. The van der Waals surface area contributed by atoms with Gasteiger partial charge in [-0.05, 0) is 61.1 Å². The van der Waals surface area contributed by atoms with Crippen LogP contribution in [0.25, 0.3) is 0 Å². The smallest absolute Gasteiger partial charge is 0.245 e. The molecule has 0 heterocycles. The molecular weight excluding hydrogens is 366 g/mol. The summed E-state index contributed by atoms with van der Waals surface area (Å²) in [5.41, 5.74) is 15.4. The van der Waals surface area contributed by atoms with Crippen LogP contribution in [0.2, 0.25) is 0 Å². The van der Waals surface area contributed by atoms with Crippen LogP contribution >= 0.6 is 0 Å². The highest BCUT2D eigenvalue weighted by molar-refractivity contribution is 6.03. The van der Waals surface area contributed by atoms with E-state index in [1.807, 2.05) is 45.9 Å². The minimum atomic E-state index is -0.856. The summed E-state index contributed by atoms with van der Waals surface area (Å²) in [4.78, 5) is 27.4. The Labute approximate surface area is 172 Å². The first-order valence-electron chi connectivity index (χ1n) is 9.89.